The van der Waals surface area contributed by atoms with Crippen LogP contribution in [0.1, 0.15) is 9.67 Å². The molecule has 0 aromatic carbocycles. The first-order chi connectivity index (χ1) is 12.3. The third-order valence-corrected chi connectivity index (χ3v) is 4.77. The van der Waals surface area contributed by atoms with E-state index in [4.69, 9.17) is 4.98 Å². The smallest absolute Gasteiger partial charge is 0.160 e. The number of aldehydes is 1. The Morgan fingerprint density at radius 1 is 0.760 bits per heavy atom. The molecule has 120 valence electrons. The lowest BCUT2D eigenvalue weighted by Gasteiger charge is -2.08. The van der Waals surface area contributed by atoms with Gasteiger partial charge in [-0.25, -0.2) is 4.98 Å². The maximum Gasteiger partial charge on any atom is 0.160 e. The summed E-state index contributed by atoms with van der Waals surface area (Å²) in [6, 6.07) is 19.3. The van der Waals surface area contributed by atoms with Crippen molar-refractivity contribution in [3.63, 3.8) is 0 Å². The van der Waals surface area contributed by atoms with E-state index < -0.39 is 0 Å². The first-order valence-electron chi connectivity index (χ1n) is 7.74. The van der Waals surface area contributed by atoms with E-state index in [0.717, 1.165) is 39.5 Å². The standard InChI is InChI=1S/C20H13N3OS/c24-13-15-7-8-20(25-15)14-11-18(16-5-1-3-9-21-16)23-19(12-14)17-6-2-4-10-22-17/h1-13H. The lowest BCUT2D eigenvalue weighted by atomic mass is 10.1. The Morgan fingerprint density at radius 3 is 1.88 bits per heavy atom. The van der Waals surface area contributed by atoms with Crippen molar-refractivity contribution < 1.29 is 4.79 Å². The highest BCUT2D eigenvalue weighted by Crippen LogP contribution is 2.32. The highest BCUT2D eigenvalue weighted by molar-refractivity contribution is 7.17. The number of carbonyl (C=O) groups excluding carboxylic acids is 1. The topological polar surface area (TPSA) is 55.7 Å². The van der Waals surface area contributed by atoms with Crippen molar-refractivity contribution in [2.75, 3.05) is 0 Å². The summed E-state index contributed by atoms with van der Waals surface area (Å²) in [5, 5.41) is 0. The van der Waals surface area contributed by atoms with Crippen molar-refractivity contribution in [1.29, 1.82) is 0 Å². The van der Waals surface area contributed by atoms with Gasteiger partial charge in [-0.1, -0.05) is 12.1 Å². The van der Waals surface area contributed by atoms with Crippen molar-refractivity contribution in [3.05, 3.63) is 77.9 Å². The minimum Gasteiger partial charge on any atom is -0.297 e. The Kier molecular flexibility index (Phi) is 4.14. The van der Waals surface area contributed by atoms with E-state index >= 15 is 0 Å². The monoisotopic (exact) mass is 343 g/mol. The molecule has 0 saturated heterocycles. The molecule has 0 N–H and O–H groups in total. The van der Waals surface area contributed by atoms with Gasteiger partial charge in [-0.15, -0.1) is 11.3 Å². The Balaban J connectivity index is 1.90. The minimum atomic E-state index is 0.700. The van der Waals surface area contributed by atoms with Crippen LogP contribution in [0.5, 0.6) is 0 Å². The molecule has 0 amide bonds. The molecule has 0 saturated carbocycles. The number of hydrogen-bond acceptors (Lipinski definition) is 5. The number of nitrogens with zero attached hydrogens (tertiary/aromatic N) is 3. The van der Waals surface area contributed by atoms with E-state index in [2.05, 4.69) is 9.97 Å². The number of hydrogen-bond donors (Lipinski definition) is 0. The van der Waals surface area contributed by atoms with Crippen molar-refractivity contribution in [2.45, 2.75) is 0 Å². The van der Waals surface area contributed by atoms with Crippen LogP contribution in [0.25, 0.3) is 33.2 Å². The molecule has 0 aliphatic rings. The number of carbonyl (C=O) groups is 1. The first-order valence-corrected chi connectivity index (χ1v) is 8.55. The zero-order valence-corrected chi connectivity index (χ0v) is 14.0. The van der Waals surface area contributed by atoms with Crippen LogP contribution >= 0.6 is 11.3 Å². The van der Waals surface area contributed by atoms with E-state index in [1.165, 1.54) is 11.3 Å². The van der Waals surface area contributed by atoms with Gasteiger partial charge in [0.15, 0.2) is 6.29 Å². The van der Waals surface area contributed by atoms with Gasteiger partial charge in [-0.2, -0.15) is 0 Å². The molecular formula is C20H13N3OS. The molecule has 0 bridgehead atoms. The lowest BCUT2D eigenvalue weighted by molar-refractivity contribution is 0.112. The maximum absolute atomic E-state index is 11.0. The molecule has 5 heteroatoms. The molecular weight excluding hydrogens is 330 g/mol. The van der Waals surface area contributed by atoms with Crippen molar-refractivity contribution in [3.8, 4) is 33.2 Å². The number of thiophene rings is 1. The third-order valence-electron chi connectivity index (χ3n) is 3.71. The summed E-state index contributed by atoms with van der Waals surface area (Å²) in [6.45, 7) is 0. The zero-order valence-electron chi connectivity index (χ0n) is 13.2. The fraction of sp³-hybridized carbons (Fsp3) is 0. The quantitative estimate of drug-likeness (QED) is 0.502. The van der Waals surface area contributed by atoms with Gasteiger partial charge in [0.05, 0.1) is 27.7 Å². The number of pyridine rings is 3. The minimum absolute atomic E-state index is 0.700. The average molecular weight is 343 g/mol. The molecule has 4 nitrogen and oxygen atoms in total. The summed E-state index contributed by atoms with van der Waals surface area (Å²) in [6.07, 6.45) is 4.37. The van der Waals surface area contributed by atoms with E-state index in [9.17, 15) is 4.79 Å². The van der Waals surface area contributed by atoms with Crippen molar-refractivity contribution >= 4 is 17.6 Å². The second kappa shape index (κ2) is 6.75. The Hall–Kier alpha value is -3.18. The van der Waals surface area contributed by atoms with E-state index in [0.29, 0.717) is 4.88 Å². The normalized spacial score (nSPS) is 10.6. The van der Waals surface area contributed by atoms with Gasteiger partial charge < -0.3 is 0 Å². The van der Waals surface area contributed by atoms with E-state index in [1.54, 1.807) is 12.4 Å². The summed E-state index contributed by atoms with van der Waals surface area (Å²) in [5.74, 6) is 0. The summed E-state index contributed by atoms with van der Waals surface area (Å²) >= 11 is 1.46. The molecule has 0 spiro atoms. The van der Waals surface area contributed by atoms with Crippen LogP contribution in [0.15, 0.2) is 73.1 Å². The van der Waals surface area contributed by atoms with Crippen LogP contribution in [0.3, 0.4) is 0 Å². The molecule has 4 heterocycles. The predicted octanol–water partition coefficient (Wildman–Crippen LogP) is 4.75. The van der Waals surface area contributed by atoms with Crippen LogP contribution in [-0.4, -0.2) is 21.2 Å². The van der Waals surface area contributed by atoms with Crippen LogP contribution in [0.2, 0.25) is 0 Å². The molecule has 0 fully saturated rings. The molecule has 25 heavy (non-hydrogen) atoms. The van der Waals surface area contributed by atoms with Crippen LogP contribution in [-0.2, 0) is 0 Å². The Labute approximate surface area is 148 Å². The lowest BCUT2D eigenvalue weighted by Crippen LogP contribution is -1.93. The summed E-state index contributed by atoms with van der Waals surface area (Å²) in [7, 11) is 0. The van der Waals surface area contributed by atoms with Crippen LogP contribution < -0.4 is 0 Å². The highest BCUT2D eigenvalue weighted by atomic mass is 32.1. The number of aromatic nitrogens is 3. The molecule has 0 atom stereocenters. The fourth-order valence-electron chi connectivity index (χ4n) is 2.54. The van der Waals surface area contributed by atoms with Gasteiger partial charge in [-0.3, -0.25) is 14.8 Å². The molecule has 4 aromatic heterocycles. The molecule has 4 aromatic rings. The summed E-state index contributed by atoms with van der Waals surface area (Å²) < 4.78 is 0. The molecule has 0 aliphatic carbocycles. The van der Waals surface area contributed by atoms with Gasteiger partial charge in [0, 0.05) is 17.3 Å². The SMILES string of the molecule is O=Cc1ccc(-c2cc(-c3ccccn3)nc(-c3ccccn3)c2)s1. The predicted molar refractivity (Wildman–Crippen MR) is 99.4 cm³/mol. The van der Waals surface area contributed by atoms with E-state index in [-0.39, 0.29) is 0 Å². The third kappa shape index (κ3) is 3.22. The highest BCUT2D eigenvalue weighted by Gasteiger charge is 2.11. The van der Waals surface area contributed by atoms with Gasteiger partial charge in [0.2, 0.25) is 0 Å². The number of rotatable bonds is 4. The Morgan fingerprint density at radius 2 is 1.40 bits per heavy atom. The summed E-state index contributed by atoms with van der Waals surface area (Å²) in [4.78, 5) is 26.3. The van der Waals surface area contributed by atoms with Crippen LogP contribution in [0.4, 0.5) is 0 Å². The fourth-order valence-corrected chi connectivity index (χ4v) is 3.35. The van der Waals surface area contributed by atoms with Crippen molar-refractivity contribution in [1.82, 2.24) is 15.0 Å². The molecule has 4 rings (SSSR count). The summed E-state index contributed by atoms with van der Waals surface area (Å²) in [5.41, 5.74) is 4.15. The second-order valence-electron chi connectivity index (χ2n) is 5.38. The zero-order chi connectivity index (χ0) is 17.1. The second-order valence-corrected chi connectivity index (χ2v) is 6.49. The Bertz CT molecular complexity index is 956. The van der Waals surface area contributed by atoms with Gasteiger partial charge >= 0.3 is 0 Å². The maximum atomic E-state index is 11.0. The van der Waals surface area contributed by atoms with Crippen LogP contribution in [0, 0.1) is 0 Å². The molecule has 0 radical (unpaired) electrons. The largest absolute Gasteiger partial charge is 0.297 e. The van der Waals surface area contributed by atoms with Gasteiger partial charge in [-0.05, 0) is 54.1 Å². The van der Waals surface area contributed by atoms with Gasteiger partial charge in [0.1, 0.15) is 0 Å². The molecule has 0 aliphatic heterocycles. The average Bonchev–Trinajstić information content (AvgIpc) is 3.18. The first kappa shape index (κ1) is 15.4. The van der Waals surface area contributed by atoms with Crippen molar-refractivity contribution in [2.24, 2.45) is 0 Å². The van der Waals surface area contributed by atoms with E-state index in [1.807, 2.05) is 60.7 Å². The molecule has 0 unspecified atom stereocenters. The van der Waals surface area contributed by atoms with Gasteiger partial charge in [0.25, 0.3) is 0 Å².